The van der Waals surface area contributed by atoms with Crippen LogP contribution in [0.15, 0.2) is 42.5 Å². The molecule has 0 bridgehead atoms. The van der Waals surface area contributed by atoms with E-state index in [2.05, 4.69) is 5.32 Å². The second-order valence-corrected chi connectivity index (χ2v) is 7.97. The van der Waals surface area contributed by atoms with Crippen molar-refractivity contribution in [3.8, 4) is 0 Å². The fourth-order valence-electron chi connectivity index (χ4n) is 3.30. The first-order chi connectivity index (χ1) is 12.3. The number of nitrogens with zero attached hydrogens (tertiary/aromatic N) is 2. The van der Waals surface area contributed by atoms with Crippen LogP contribution in [0.4, 0.5) is 17.1 Å². The molecule has 2 aromatic rings. The van der Waals surface area contributed by atoms with Crippen molar-refractivity contribution in [2.24, 2.45) is 0 Å². The van der Waals surface area contributed by atoms with E-state index in [0.29, 0.717) is 22.0 Å². The van der Waals surface area contributed by atoms with Crippen LogP contribution >= 0.6 is 23.4 Å². The number of benzene rings is 2. The SMILES string of the molecule is C[C@@H]1S[C@]2(C(=O)Nc3ccc([N+](=O)[O-])cc32)N(c2ccc(Cl)cc2)C1=O. The highest BCUT2D eigenvalue weighted by molar-refractivity contribution is 8.03. The number of carbonyl (C=O) groups is 2. The number of nitrogens with one attached hydrogen (secondary N) is 1. The van der Waals surface area contributed by atoms with E-state index < -0.39 is 21.0 Å². The van der Waals surface area contributed by atoms with E-state index >= 15 is 0 Å². The summed E-state index contributed by atoms with van der Waals surface area (Å²) < 4.78 is 0. The Kier molecular flexibility index (Phi) is 3.71. The van der Waals surface area contributed by atoms with Gasteiger partial charge in [0.1, 0.15) is 0 Å². The number of anilines is 2. The first kappa shape index (κ1) is 16.9. The summed E-state index contributed by atoms with van der Waals surface area (Å²) in [5, 5.41) is 14.0. The summed E-state index contributed by atoms with van der Waals surface area (Å²) >= 11 is 7.11. The van der Waals surface area contributed by atoms with Gasteiger partial charge in [-0.25, -0.2) is 0 Å². The second kappa shape index (κ2) is 5.72. The van der Waals surface area contributed by atoms with Gasteiger partial charge in [-0.1, -0.05) is 11.6 Å². The number of fused-ring (bicyclic) bond motifs is 2. The first-order valence-corrected chi connectivity index (χ1v) is 8.98. The highest BCUT2D eigenvalue weighted by Crippen LogP contribution is 2.56. The smallest absolute Gasteiger partial charge is 0.269 e. The molecule has 1 N–H and O–H groups in total. The van der Waals surface area contributed by atoms with Crippen LogP contribution in [0.1, 0.15) is 12.5 Å². The molecule has 7 nitrogen and oxygen atoms in total. The van der Waals surface area contributed by atoms with Crippen LogP contribution in [0.5, 0.6) is 0 Å². The normalized spacial score (nSPS) is 24.1. The number of amides is 2. The number of thioether (sulfide) groups is 1. The molecule has 26 heavy (non-hydrogen) atoms. The van der Waals surface area contributed by atoms with Crippen LogP contribution in [0, 0.1) is 10.1 Å². The van der Waals surface area contributed by atoms with E-state index in [1.165, 1.54) is 34.9 Å². The van der Waals surface area contributed by atoms with Gasteiger partial charge in [0.2, 0.25) is 10.8 Å². The van der Waals surface area contributed by atoms with Gasteiger partial charge in [0.05, 0.1) is 10.2 Å². The van der Waals surface area contributed by atoms with Crippen LogP contribution in [0.25, 0.3) is 0 Å². The molecular formula is C17H12ClN3O4S. The molecule has 0 radical (unpaired) electrons. The van der Waals surface area contributed by atoms with Gasteiger partial charge in [0.25, 0.3) is 11.6 Å². The number of hydrogen-bond donors (Lipinski definition) is 1. The van der Waals surface area contributed by atoms with Crippen LogP contribution in [0.2, 0.25) is 5.02 Å². The highest BCUT2D eigenvalue weighted by Gasteiger charge is 2.61. The van der Waals surface area contributed by atoms with E-state index in [1.807, 2.05) is 0 Å². The Hall–Kier alpha value is -2.58. The maximum absolute atomic E-state index is 13.0. The average molecular weight is 390 g/mol. The molecule has 1 fully saturated rings. The number of rotatable bonds is 2. The van der Waals surface area contributed by atoms with Crippen molar-refractivity contribution in [2.45, 2.75) is 17.0 Å². The van der Waals surface area contributed by atoms with Crippen molar-refractivity contribution in [3.05, 3.63) is 63.2 Å². The van der Waals surface area contributed by atoms with Crippen molar-refractivity contribution < 1.29 is 14.5 Å². The van der Waals surface area contributed by atoms with Crippen LogP contribution in [0.3, 0.4) is 0 Å². The predicted octanol–water partition coefficient (Wildman–Crippen LogP) is 3.52. The van der Waals surface area contributed by atoms with Crippen molar-refractivity contribution in [2.75, 3.05) is 10.2 Å². The maximum atomic E-state index is 13.0. The van der Waals surface area contributed by atoms with Crippen molar-refractivity contribution in [3.63, 3.8) is 0 Å². The molecule has 0 unspecified atom stereocenters. The summed E-state index contributed by atoms with van der Waals surface area (Å²) in [6.45, 7) is 1.72. The molecule has 0 aromatic heterocycles. The Morgan fingerprint density at radius 3 is 2.58 bits per heavy atom. The third kappa shape index (κ3) is 2.22. The monoisotopic (exact) mass is 389 g/mol. The van der Waals surface area contributed by atoms with Gasteiger partial charge in [0.15, 0.2) is 0 Å². The first-order valence-electron chi connectivity index (χ1n) is 7.72. The molecule has 9 heteroatoms. The molecule has 2 aliphatic heterocycles. The van der Waals surface area contributed by atoms with Gasteiger partial charge in [0, 0.05) is 34.1 Å². The zero-order chi connectivity index (χ0) is 18.6. The Labute approximate surface area is 157 Å². The van der Waals surface area contributed by atoms with Crippen molar-refractivity contribution in [1.29, 1.82) is 0 Å². The number of non-ortho nitro benzene ring substituents is 1. The minimum Gasteiger partial charge on any atom is -0.323 e. The maximum Gasteiger partial charge on any atom is 0.269 e. The standard InChI is InChI=1S/C17H12ClN3O4S/c1-9-15(22)20(11-4-2-10(18)3-5-11)17(26-9)13-8-12(21(24)25)6-7-14(13)19-16(17)23/h2-9H,1H3,(H,19,23)/t9-,17+/m0/s1. The summed E-state index contributed by atoms with van der Waals surface area (Å²) in [5.41, 5.74) is 1.25. The number of hydrogen-bond acceptors (Lipinski definition) is 5. The predicted molar refractivity (Wildman–Crippen MR) is 99.4 cm³/mol. The highest BCUT2D eigenvalue weighted by atomic mass is 35.5. The quantitative estimate of drug-likeness (QED) is 0.626. The number of nitro benzene ring substituents is 1. The van der Waals surface area contributed by atoms with Gasteiger partial charge in [-0.3, -0.25) is 24.6 Å². The van der Waals surface area contributed by atoms with E-state index in [4.69, 9.17) is 11.6 Å². The lowest BCUT2D eigenvalue weighted by Crippen LogP contribution is -2.47. The zero-order valence-electron chi connectivity index (χ0n) is 13.4. The lowest BCUT2D eigenvalue weighted by atomic mass is 10.0. The fourth-order valence-corrected chi connectivity index (χ4v) is 4.90. The molecule has 2 atom stereocenters. The third-order valence-corrected chi connectivity index (χ3v) is 6.19. The van der Waals surface area contributed by atoms with Crippen LogP contribution in [-0.2, 0) is 14.5 Å². The second-order valence-electron chi connectivity index (χ2n) is 6.00. The largest absolute Gasteiger partial charge is 0.323 e. The van der Waals surface area contributed by atoms with Gasteiger partial charge in [-0.2, -0.15) is 0 Å². The van der Waals surface area contributed by atoms with E-state index in [-0.39, 0.29) is 11.6 Å². The Morgan fingerprint density at radius 1 is 1.23 bits per heavy atom. The molecule has 1 saturated heterocycles. The molecule has 2 aliphatic rings. The van der Waals surface area contributed by atoms with E-state index in [0.717, 1.165) is 0 Å². The van der Waals surface area contributed by atoms with Gasteiger partial charge in [-0.15, -0.1) is 11.8 Å². The molecule has 0 saturated carbocycles. The molecule has 2 heterocycles. The minimum atomic E-state index is -1.38. The van der Waals surface area contributed by atoms with Crippen molar-refractivity contribution in [1.82, 2.24) is 0 Å². The molecule has 2 aromatic carbocycles. The van der Waals surface area contributed by atoms with Gasteiger partial charge < -0.3 is 5.32 Å². The topological polar surface area (TPSA) is 92.5 Å². The molecule has 4 rings (SSSR count). The lowest BCUT2D eigenvalue weighted by Gasteiger charge is -2.32. The van der Waals surface area contributed by atoms with E-state index in [9.17, 15) is 19.7 Å². The van der Waals surface area contributed by atoms with Gasteiger partial charge in [-0.05, 0) is 37.3 Å². The summed E-state index contributed by atoms with van der Waals surface area (Å²) in [6.07, 6.45) is 0. The van der Waals surface area contributed by atoms with E-state index in [1.54, 1.807) is 31.2 Å². The minimum absolute atomic E-state index is 0.136. The summed E-state index contributed by atoms with van der Waals surface area (Å²) in [5.74, 6) is -0.641. The Morgan fingerprint density at radius 2 is 1.92 bits per heavy atom. The van der Waals surface area contributed by atoms with Crippen LogP contribution in [-0.4, -0.2) is 22.0 Å². The summed E-state index contributed by atoms with van der Waals surface area (Å²) in [7, 11) is 0. The average Bonchev–Trinajstić information content (AvgIpc) is 3.03. The molecular weight excluding hydrogens is 378 g/mol. The van der Waals surface area contributed by atoms with Crippen molar-refractivity contribution >= 4 is 52.2 Å². The number of nitro groups is 1. The van der Waals surface area contributed by atoms with Crippen LogP contribution < -0.4 is 10.2 Å². The zero-order valence-corrected chi connectivity index (χ0v) is 15.0. The number of carbonyl (C=O) groups excluding carboxylic acids is 2. The Bertz CT molecular complexity index is 965. The molecule has 1 spiro atoms. The van der Waals surface area contributed by atoms with Gasteiger partial charge >= 0.3 is 0 Å². The summed E-state index contributed by atoms with van der Waals surface area (Å²) in [6, 6.07) is 10.8. The Balaban J connectivity index is 1.95. The lowest BCUT2D eigenvalue weighted by molar-refractivity contribution is -0.384. The fraction of sp³-hybridized carbons (Fsp3) is 0.176. The number of halogens is 1. The summed E-state index contributed by atoms with van der Waals surface area (Å²) in [4.78, 5) is 36.5. The molecule has 2 amide bonds. The third-order valence-electron chi connectivity index (χ3n) is 4.45. The molecule has 0 aliphatic carbocycles. The molecule has 132 valence electrons.